The number of allylic oxidation sites excluding steroid dienone is 3. The molecule has 2 rings (SSSR count). The Kier molecular flexibility index (Phi) is 4.17. The third-order valence-corrected chi connectivity index (χ3v) is 3.11. The maximum absolute atomic E-state index is 6.02. The second-order valence-corrected chi connectivity index (χ2v) is 4.43. The molecule has 0 aliphatic carbocycles. The summed E-state index contributed by atoms with van der Waals surface area (Å²) in [7, 11) is 0. The molecule has 2 heterocycles. The van der Waals surface area contributed by atoms with Gasteiger partial charge in [-0.1, -0.05) is 42.5 Å². The molecule has 1 atom stereocenters. The van der Waals surface area contributed by atoms with Crippen molar-refractivity contribution in [2.75, 3.05) is 0 Å². The first-order chi connectivity index (χ1) is 8.67. The largest absolute Gasteiger partial charge is 0.362 e. The zero-order chi connectivity index (χ0) is 13.1. The first kappa shape index (κ1) is 13.3. The number of aromatic nitrogens is 2. The van der Waals surface area contributed by atoms with Gasteiger partial charge in [-0.15, -0.1) is 0 Å². The summed E-state index contributed by atoms with van der Waals surface area (Å²) in [5.74, 6) is 0. The molecule has 1 aliphatic rings. The maximum atomic E-state index is 6.02. The molecular weight excluding hydrogens is 271 g/mol. The lowest BCUT2D eigenvalue weighted by atomic mass is 10.1. The molecule has 0 bridgehead atoms. The summed E-state index contributed by atoms with van der Waals surface area (Å²) >= 11 is 11.8. The molecule has 0 saturated carbocycles. The van der Waals surface area contributed by atoms with Crippen LogP contribution in [0.25, 0.3) is 0 Å². The lowest BCUT2D eigenvalue weighted by Crippen LogP contribution is -2.02. The van der Waals surface area contributed by atoms with Crippen LogP contribution in [-0.4, -0.2) is 9.97 Å². The SMILES string of the molecule is C=C/C(=C\C=C/C)C1OCc2c(Cl)nc(Cl)nc21. The van der Waals surface area contributed by atoms with Gasteiger partial charge in [0.2, 0.25) is 5.28 Å². The van der Waals surface area contributed by atoms with Crippen LogP contribution in [0.2, 0.25) is 10.4 Å². The van der Waals surface area contributed by atoms with E-state index in [1.165, 1.54) is 0 Å². The van der Waals surface area contributed by atoms with Gasteiger partial charge in [0.15, 0.2) is 0 Å². The smallest absolute Gasteiger partial charge is 0.224 e. The second-order valence-electron chi connectivity index (χ2n) is 3.73. The molecule has 0 saturated heterocycles. The average molecular weight is 283 g/mol. The van der Waals surface area contributed by atoms with Gasteiger partial charge in [0.1, 0.15) is 11.3 Å². The van der Waals surface area contributed by atoms with Gasteiger partial charge >= 0.3 is 0 Å². The number of halogens is 2. The molecule has 1 aromatic heterocycles. The van der Waals surface area contributed by atoms with E-state index in [4.69, 9.17) is 27.9 Å². The summed E-state index contributed by atoms with van der Waals surface area (Å²) in [4.78, 5) is 8.11. The van der Waals surface area contributed by atoms with Crippen molar-refractivity contribution in [1.29, 1.82) is 0 Å². The number of ether oxygens (including phenoxy) is 1. The maximum Gasteiger partial charge on any atom is 0.224 e. The van der Waals surface area contributed by atoms with Gasteiger partial charge < -0.3 is 4.74 Å². The van der Waals surface area contributed by atoms with Gasteiger partial charge in [0.25, 0.3) is 0 Å². The standard InChI is InChI=1S/C13H12Cl2N2O/c1-3-5-6-8(4-2)11-10-9(7-18-11)12(14)17-13(15)16-10/h3-6,11H,2,7H2,1H3/b5-3-,8-6+. The average Bonchev–Trinajstić information content (AvgIpc) is 2.74. The summed E-state index contributed by atoms with van der Waals surface area (Å²) in [6.07, 6.45) is 7.23. The Morgan fingerprint density at radius 2 is 2.22 bits per heavy atom. The number of rotatable bonds is 3. The summed E-state index contributed by atoms with van der Waals surface area (Å²) in [6, 6.07) is 0. The van der Waals surface area contributed by atoms with Gasteiger partial charge in [0, 0.05) is 5.56 Å². The lowest BCUT2D eigenvalue weighted by Gasteiger charge is -2.11. The van der Waals surface area contributed by atoms with Crippen molar-refractivity contribution in [1.82, 2.24) is 9.97 Å². The highest BCUT2D eigenvalue weighted by molar-refractivity contribution is 6.32. The Morgan fingerprint density at radius 3 is 2.89 bits per heavy atom. The topological polar surface area (TPSA) is 35.0 Å². The van der Waals surface area contributed by atoms with Gasteiger partial charge in [-0.05, 0) is 24.1 Å². The van der Waals surface area contributed by atoms with E-state index in [2.05, 4.69) is 16.5 Å². The van der Waals surface area contributed by atoms with Crippen LogP contribution in [0.4, 0.5) is 0 Å². The molecule has 5 heteroatoms. The van der Waals surface area contributed by atoms with Crippen LogP contribution in [0.3, 0.4) is 0 Å². The fourth-order valence-corrected chi connectivity index (χ4v) is 2.22. The quantitative estimate of drug-likeness (QED) is 0.477. The van der Waals surface area contributed by atoms with E-state index in [0.717, 1.165) is 16.8 Å². The second kappa shape index (κ2) is 5.65. The van der Waals surface area contributed by atoms with Gasteiger partial charge in [-0.2, -0.15) is 0 Å². The van der Waals surface area contributed by atoms with Crippen molar-refractivity contribution in [3.63, 3.8) is 0 Å². The Hall–Kier alpha value is -1.16. The minimum Gasteiger partial charge on any atom is -0.362 e. The first-order valence-corrected chi connectivity index (χ1v) is 6.21. The zero-order valence-corrected chi connectivity index (χ0v) is 11.4. The molecule has 0 spiro atoms. The van der Waals surface area contributed by atoms with Crippen LogP contribution < -0.4 is 0 Å². The van der Waals surface area contributed by atoms with Crippen LogP contribution >= 0.6 is 23.2 Å². The molecular formula is C13H12Cl2N2O. The molecule has 1 aliphatic heterocycles. The summed E-state index contributed by atoms with van der Waals surface area (Å²) in [5, 5.41) is 0.477. The third kappa shape index (κ3) is 2.48. The van der Waals surface area contributed by atoms with Crippen molar-refractivity contribution in [2.45, 2.75) is 19.6 Å². The number of hydrogen-bond acceptors (Lipinski definition) is 3. The normalized spacial score (nSPS) is 19.3. The van der Waals surface area contributed by atoms with Crippen molar-refractivity contribution in [2.24, 2.45) is 0 Å². The third-order valence-electron chi connectivity index (χ3n) is 2.62. The summed E-state index contributed by atoms with van der Waals surface area (Å²) in [6.45, 7) is 6.11. The molecule has 0 radical (unpaired) electrons. The molecule has 94 valence electrons. The monoisotopic (exact) mass is 282 g/mol. The lowest BCUT2D eigenvalue weighted by molar-refractivity contribution is 0.0919. The van der Waals surface area contributed by atoms with E-state index >= 15 is 0 Å². The number of hydrogen-bond donors (Lipinski definition) is 0. The number of nitrogens with zero attached hydrogens (tertiary/aromatic N) is 2. The fraction of sp³-hybridized carbons (Fsp3) is 0.231. The molecule has 0 amide bonds. The Morgan fingerprint density at radius 1 is 1.44 bits per heavy atom. The van der Waals surface area contributed by atoms with Crippen molar-refractivity contribution >= 4 is 23.2 Å². The van der Waals surface area contributed by atoms with Gasteiger partial charge in [0.05, 0.1) is 12.3 Å². The minimum atomic E-state index is -0.285. The molecule has 0 fully saturated rings. The van der Waals surface area contributed by atoms with Crippen LogP contribution in [0.1, 0.15) is 24.3 Å². The Bertz CT molecular complexity index is 538. The van der Waals surface area contributed by atoms with Crippen molar-refractivity contribution in [3.05, 3.63) is 58.2 Å². The van der Waals surface area contributed by atoms with Crippen LogP contribution in [-0.2, 0) is 11.3 Å². The molecule has 0 aromatic carbocycles. The van der Waals surface area contributed by atoms with Crippen LogP contribution in [0.15, 0.2) is 36.5 Å². The Balaban J connectivity index is 2.45. The molecule has 3 nitrogen and oxygen atoms in total. The number of fused-ring (bicyclic) bond motifs is 1. The van der Waals surface area contributed by atoms with E-state index in [-0.39, 0.29) is 11.4 Å². The van der Waals surface area contributed by atoms with Crippen LogP contribution in [0, 0.1) is 0 Å². The van der Waals surface area contributed by atoms with Gasteiger partial charge in [-0.25, -0.2) is 9.97 Å². The highest BCUT2D eigenvalue weighted by atomic mass is 35.5. The van der Waals surface area contributed by atoms with Crippen molar-refractivity contribution < 1.29 is 4.74 Å². The van der Waals surface area contributed by atoms with E-state index in [9.17, 15) is 0 Å². The molecule has 0 N–H and O–H groups in total. The highest BCUT2D eigenvalue weighted by Gasteiger charge is 2.30. The first-order valence-electron chi connectivity index (χ1n) is 5.46. The predicted octanol–water partition coefficient (Wildman–Crippen LogP) is 4.04. The molecule has 1 unspecified atom stereocenters. The van der Waals surface area contributed by atoms with E-state index in [0.29, 0.717) is 11.8 Å². The fourth-order valence-electron chi connectivity index (χ4n) is 1.77. The predicted molar refractivity (Wildman–Crippen MR) is 72.7 cm³/mol. The van der Waals surface area contributed by atoms with E-state index < -0.39 is 0 Å². The Labute approximate surface area is 116 Å². The molecule has 1 aromatic rings. The van der Waals surface area contributed by atoms with E-state index in [1.54, 1.807) is 6.08 Å². The summed E-state index contributed by atoms with van der Waals surface area (Å²) < 4.78 is 5.69. The zero-order valence-electron chi connectivity index (χ0n) is 9.86. The van der Waals surface area contributed by atoms with Crippen molar-refractivity contribution in [3.8, 4) is 0 Å². The van der Waals surface area contributed by atoms with Crippen LogP contribution in [0.5, 0.6) is 0 Å². The van der Waals surface area contributed by atoms with Gasteiger partial charge in [-0.3, -0.25) is 0 Å². The van der Waals surface area contributed by atoms with E-state index in [1.807, 2.05) is 25.2 Å². The summed E-state index contributed by atoms with van der Waals surface area (Å²) in [5.41, 5.74) is 2.42. The minimum absolute atomic E-state index is 0.128. The highest BCUT2D eigenvalue weighted by Crippen LogP contribution is 2.38. The molecule has 18 heavy (non-hydrogen) atoms.